The van der Waals surface area contributed by atoms with Crippen molar-refractivity contribution in [1.82, 2.24) is 4.90 Å². The van der Waals surface area contributed by atoms with Crippen molar-refractivity contribution in [2.45, 2.75) is 25.7 Å². The van der Waals surface area contributed by atoms with Gasteiger partial charge in [-0.25, -0.2) is 0 Å². The minimum atomic E-state index is -0.192. The molecule has 1 aliphatic heterocycles. The van der Waals surface area contributed by atoms with E-state index >= 15 is 0 Å². The molecule has 0 spiro atoms. The first-order valence-electron chi connectivity index (χ1n) is 8.12. The number of fused-ring (bicyclic) bond motifs is 1. The van der Waals surface area contributed by atoms with E-state index in [1.54, 1.807) is 0 Å². The molecule has 1 heterocycles. The lowest BCUT2D eigenvalue weighted by Crippen LogP contribution is -2.50. The standard InChI is InChI=1S/C21H21NS2/c1-15(16-9-5-4-6-10-16)13-14-22-19(23)17-11-7-8-12-18(17)21(2,3)20(22)24/h4-12H,1,13-14H2,2-3H3. The summed E-state index contributed by atoms with van der Waals surface area (Å²) in [6.45, 7) is 9.34. The third-order valence-electron chi connectivity index (χ3n) is 4.68. The molecule has 3 rings (SSSR count). The summed E-state index contributed by atoms with van der Waals surface area (Å²) in [4.78, 5) is 3.84. The second-order valence-corrected chi connectivity index (χ2v) is 7.43. The minimum absolute atomic E-state index is 0.192. The van der Waals surface area contributed by atoms with Crippen LogP contribution in [-0.2, 0) is 5.41 Å². The number of nitrogens with zero attached hydrogens (tertiary/aromatic N) is 1. The Balaban J connectivity index is 1.83. The van der Waals surface area contributed by atoms with Crippen LogP contribution in [0.1, 0.15) is 37.0 Å². The Morgan fingerprint density at radius 3 is 2.33 bits per heavy atom. The topological polar surface area (TPSA) is 3.24 Å². The average Bonchev–Trinajstić information content (AvgIpc) is 2.61. The first-order chi connectivity index (χ1) is 11.4. The summed E-state index contributed by atoms with van der Waals surface area (Å²) < 4.78 is 0. The number of hydrogen-bond donors (Lipinski definition) is 0. The summed E-state index contributed by atoms with van der Waals surface area (Å²) in [6.07, 6.45) is 0.836. The van der Waals surface area contributed by atoms with Crippen LogP contribution in [0.4, 0.5) is 0 Å². The zero-order valence-corrected chi connectivity index (χ0v) is 15.7. The monoisotopic (exact) mass is 351 g/mol. The molecule has 0 aliphatic carbocycles. The lowest BCUT2D eigenvalue weighted by atomic mass is 9.78. The molecule has 0 saturated heterocycles. The highest BCUT2D eigenvalue weighted by molar-refractivity contribution is 7.82. The summed E-state index contributed by atoms with van der Waals surface area (Å²) in [5.41, 5.74) is 4.43. The molecule has 0 aromatic heterocycles. The van der Waals surface area contributed by atoms with Crippen LogP contribution in [0.15, 0.2) is 61.2 Å². The Kier molecular flexibility index (Phi) is 4.66. The zero-order valence-electron chi connectivity index (χ0n) is 14.1. The van der Waals surface area contributed by atoms with E-state index in [1.165, 1.54) is 11.1 Å². The van der Waals surface area contributed by atoms with E-state index in [1.807, 2.05) is 24.3 Å². The van der Waals surface area contributed by atoms with Gasteiger partial charge in [-0.3, -0.25) is 0 Å². The van der Waals surface area contributed by atoms with Crippen LogP contribution in [0.5, 0.6) is 0 Å². The van der Waals surface area contributed by atoms with Crippen molar-refractivity contribution in [1.29, 1.82) is 0 Å². The first-order valence-corrected chi connectivity index (χ1v) is 8.93. The number of hydrogen-bond acceptors (Lipinski definition) is 2. The fourth-order valence-corrected chi connectivity index (χ4v) is 3.88. The predicted molar refractivity (Wildman–Crippen MR) is 111 cm³/mol. The largest absolute Gasteiger partial charge is 0.326 e. The van der Waals surface area contributed by atoms with Gasteiger partial charge < -0.3 is 4.90 Å². The molecule has 1 nitrogen and oxygen atoms in total. The minimum Gasteiger partial charge on any atom is -0.326 e. The molecule has 24 heavy (non-hydrogen) atoms. The summed E-state index contributed by atoms with van der Waals surface area (Å²) in [7, 11) is 0. The van der Waals surface area contributed by atoms with E-state index in [-0.39, 0.29) is 5.41 Å². The van der Waals surface area contributed by atoms with E-state index in [4.69, 9.17) is 24.4 Å². The maximum Gasteiger partial charge on any atom is 0.114 e. The lowest BCUT2D eigenvalue weighted by Gasteiger charge is -2.42. The third kappa shape index (κ3) is 2.94. The SMILES string of the molecule is C=C(CCN1C(=S)c2ccccc2C(C)(C)C1=S)c1ccccc1. The molecule has 0 amide bonds. The van der Waals surface area contributed by atoms with Gasteiger partial charge in [0, 0.05) is 17.5 Å². The molecule has 0 radical (unpaired) electrons. The average molecular weight is 352 g/mol. The van der Waals surface area contributed by atoms with Crippen molar-refractivity contribution in [2.75, 3.05) is 6.54 Å². The molecule has 0 saturated carbocycles. The molecule has 2 aromatic rings. The third-order valence-corrected chi connectivity index (χ3v) is 5.85. The Morgan fingerprint density at radius 1 is 1.00 bits per heavy atom. The van der Waals surface area contributed by atoms with E-state index in [0.29, 0.717) is 0 Å². The predicted octanol–water partition coefficient (Wildman–Crippen LogP) is 5.39. The zero-order chi connectivity index (χ0) is 17.3. The maximum absolute atomic E-state index is 5.79. The van der Waals surface area contributed by atoms with Crippen LogP contribution in [0.25, 0.3) is 5.57 Å². The number of benzene rings is 2. The highest BCUT2D eigenvalue weighted by Gasteiger charge is 2.38. The van der Waals surface area contributed by atoms with Crippen LogP contribution < -0.4 is 0 Å². The fourth-order valence-electron chi connectivity index (χ4n) is 3.17. The van der Waals surface area contributed by atoms with E-state index in [0.717, 1.165) is 34.1 Å². The first kappa shape index (κ1) is 17.0. The summed E-state index contributed by atoms with van der Waals surface area (Å²) in [5, 5.41) is 0. The summed E-state index contributed by atoms with van der Waals surface area (Å²) in [6, 6.07) is 18.6. The summed E-state index contributed by atoms with van der Waals surface area (Å²) in [5.74, 6) is 0. The van der Waals surface area contributed by atoms with Crippen molar-refractivity contribution in [2.24, 2.45) is 0 Å². The molecule has 0 atom stereocenters. The van der Waals surface area contributed by atoms with Gasteiger partial charge >= 0.3 is 0 Å². The van der Waals surface area contributed by atoms with E-state index in [9.17, 15) is 0 Å². The number of rotatable bonds is 4. The van der Waals surface area contributed by atoms with Gasteiger partial charge in [-0.2, -0.15) is 0 Å². The number of thiocarbonyl (C=S) groups is 2. The van der Waals surface area contributed by atoms with Crippen LogP contribution in [-0.4, -0.2) is 21.4 Å². The van der Waals surface area contributed by atoms with Gasteiger partial charge in [0.1, 0.15) is 4.99 Å². The molecule has 0 bridgehead atoms. The molecule has 0 fully saturated rings. The van der Waals surface area contributed by atoms with E-state index < -0.39 is 0 Å². The quantitative estimate of drug-likeness (QED) is 0.680. The van der Waals surface area contributed by atoms with Crippen LogP contribution in [0.3, 0.4) is 0 Å². The van der Waals surface area contributed by atoms with E-state index in [2.05, 4.69) is 55.7 Å². The molecule has 0 unspecified atom stereocenters. The molecular weight excluding hydrogens is 330 g/mol. The molecule has 122 valence electrons. The molecule has 2 aromatic carbocycles. The Hall–Kier alpha value is -1.84. The van der Waals surface area contributed by atoms with Crippen molar-refractivity contribution in [3.05, 3.63) is 77.9 Å². The Morgan fingerprint density at radius 2 is 1.62 bits per heavy atom. The normalized spacial score (nSPS) is 16.0. The van der Waals surface area contributed by atoms with Crippen molar-refractivity contribution < 1.29 is 0 Å². The van der Waals surface area contributed by atoms with Gasteiger partial charge in [-0.1, -0.05) is 85.6 Å². The van der Waals surface area contributed by atoms with Crippen LogP contribution in [0, 0.1) is 0 Å². The van der Waals surface area contributed by atoms with Gasteiger partial charge in [0.15, 0.2) is 0 Å². The smallest absolute Gasteiger partial charge is 0.114 e. The fraction of sp³-hybridized carbons (Fsp3) is 0.238. The Bertz CT molecular complexity index is 806. The van der Waals surface area contributed by atoms with Crippen molar-refractivity contribution in [3.63, 3.8) is 0 Å². The maximum atomic E-state index is 5.79. The summed E-state index contributed by atoms with van der Waals surface area (Å²) >= 11 is 11.5. The van der Waals surface area contributed by atoms with Crippen molar-refractivity contribution in [3.8, 4) is 0 Å². The lowest BCUT2D eigenvalue weighted by molar-refractivity contribution is 0.549. The van der Waals surface area contributed by atoms with Gasteiger partial charge in [-0.05, 0) is 37.0 Å². The highest BCUT2D eigenvalue weighted by atomic mass is 32.1. The van der Waals surface area contributed by atoms with Gasteiger partial charge in [0.05, 0.1) is 4.99 Å². The van der Waals surface area contributed by atoms with Crippen LogP contribution in [0.2, 0.25) is 0 Å². The molecule has 1 aliphatic rings. The second-order valence-electron chi connectivity index (χ2n) is 6.65. The second kappa shape index (κ2) is 6.58. The highest BCUT2D eigenvalue weighted by Crippen LogP contribution is 2.36. The Labute approximate surface area is 155 Å². The van der Waals surface area contributed by atoms with Crippen molar-refractivity contribution >= 4 is 40.0 Å². The van der Waals surface area contributed by atoms with Gasteiger partial charge in [0.2, 0.25) is 0 Å². The van der Waals surface area contributed by atoms with Gasteiger partial charge in [0.25, 0.3) is 0 Å². The van der Waals surface area contributed by atoms with Crippen LogP contribution >= 0.6 is 24.4 Å². The molecule has 0 N–H and O–H groups in total. The van der Waals surface area contributed by atoms with Gasteiger partial charge in [-0.15, -0.1) is 0 Å². The molecule has 3 heteroatoms. The molecular formula is C21H21NS2.